The smallest absolute Gasteiger partial charge is 0.325 e. The van der Waals surface area contributed by atoms with Gasteiger partial charge < -0.3 is 10.1 Å². The fourth-order valence-electron chi connectivity index (χ4n) is 3.99. The molecule has 1 fully saturated rings. The normalized spacial score (nSPS) is 21.0. The second-order valence-electron chi connectivity index (χ2n) is 6.91. The first-order valence-electron chi connectivity index (χ1n) is 8.88. The Bertz CT molecular complexity index is 962. The number of aryl methyl sites for hydroxylation is 1. The average Bonchev–Trinajstić information content (AvgIpc) is 2.93. The first-order valence-corrected chi connectivity index (χ1v) is 8.88. The number of imide groups is 1. The number of benzene rings is 2. The van der Waals surface area contributed by atoms with E-state index in [9.17, 15) is 9.59 Å². The first kappa shape index (κ1) is 17.1. The van der Waals surface area contributed by atoms with Gasteiger partial charge in [-0.2, -0.15) is 5.26 Å². The van der Waals surface area contributed by atoms with Crippen molar-refractivity contribution in [3.8, 4) is 11.8 Å². The van der Waals surface area contributed by atoms with Crippen LogP contribution in [0, 0.1) is 11.3 Å². The Labute approximate surface area is 157 Å². The number of nitrogens with one attached hydrogen (secondary N) is 1. The van der Waals surface area contributed by atoms with Crippen LogP contribution in [-0.2, 0) is 23.3 Å². The quantitative estimate of drug-likeness (QED) is 0.852. The molecule has 1 aliphatic heterocycles. The van der Waals surface area contributed by atoms with Crippen molar-refractivity contribution in [2.45, 2.75) is 31.3 Å². The standard InChI is InChI=1S/C21H19N3O3/c1-27-17-8-9-18-16(11-17)3-2-10-21(18)19(25)24(20(26)23-21)13-15-6-4-14(12-22)5-7-15/h4-9,11H,2-3,10,13H2,1H3,(H,23,26)/t21-/m0/s1. The lowest BCUT2D eigenvalue weighted by Gasteiger charge is -2.33. The van der Waals surface area contributed by atoms with Crippen LogP contribution in [0.25, 0.3) is 0 Å². The van der Waals surface area contributed by atoms with Crippen molar-refractivity contribution in [3.05, 3.63) is 64.7 Å². The van der Waals surface area contributed by atoms with E-state index in [0.29, 0.717) is 12.0 Å². The van der Waals surface area contributed by atoms with Crippen molar-refractivity contribution < 1.29 is 14.3 Å². The maximum Gasteiger partial charge on any atom is 0.325 e. The molecule has 2 aliphatic rings. The average molecular weight is 361 g/mol. The summed E-state index contributed by atoms with van der Waals surface area (Å²) in [5.41, 5.74) is 2.25. The van der Waals surface area contributed by atoms with Crippen LogP contribution in [0.2, 0.25) is 0 Å². The number of ether oxygens (including phenoxy) is 1. The molecular formula is C21H19N3O3. The van der Waals surface area contributed by atoms with Crippen LogP contribution < -0.4 is 10.1 Å². The first-order chi connectivity index (χ1) is 13.1. The van der Waals surface area contributed by atoms with Gasteiger partial charge in [0.25, 0.3) is 5.91 Å². The van der Waals surface area contributed by atoms with Crippen molar-refractivity contribution in [2.75, 3.05) is 7.11 Å². The number of nitriles is 1. The fraction of sp³-hybridized carbons (Fsp3) is 0.286. The van der Waals surface area contributed by atoms with Crippen molar-refractivity contribution in [2.24, 2.45) is 0 Å². The number of hydrogen-bond donors (Lipinski definition) is 1. The van der Waals surface area contributed by atoms with Gasteiger partial charge in [-0.25, -0.2) is 4.79 Å². The molecule has 2 aromatic rings. The number of fused-ring (bicyclic) bond motifs is 2. The highest BCUT2D eigenvalue weighted by atomic mass is 16.5. The second-order valence-corrected chi connectivity index (χ2v) is 6.91. The summed E-state index contributed by atoms with van der Waals surface area (Å²) in [5.74, 6) is 0.528. The van der Waals surface area contributed by atoms with Crippen LogP contribution >= 0.6 is 0 Å². The number of methoxy groups -OCH3 is 1. The largest absolute Gasteiger partial charge is 0.497 e. The van der Waals surface area contributed by atoms with E-state index in [1.807, 2.05) is 18.2 Å². The summed E-state index contributed by atoms with van der Waals surface area (Å²) in [4.78, 5) is 27.2. The molecule has 1 N–H and O–H groups in total. The lowest BCUT2D eigenvalue weighted by Crippen LogP contribution is -2.46. The molecule has 0 unspecified atom stereocenters. The van der Waals surface area contributed by atoms with Gasteiger partial charge in [0.05, 0.1) is 25.3 Å². The molecule has 0 saturated carbocycles. The van der Waals surface area contributed by atoms with E-state index >= 15 is 0 Å². The lowest BCUT2D eigenvalue weighted by molar-refractivity contribution is -0.132. The molecule has 2 aromatic carbocycles. The third-order valence-corrected chi connectivity index (χ3v) is 5.37. The van der Waals surface area contributed by atoms with Gasteiger partial charge in [0.1, 0.15) is 11.3 Å². The minimum absolute atomic E-state index is 0.184. The maximum absolute atomic E-state index is 13.3. The molecular weight excluding hydrogens is 342 g/mol. The highest BCUT2D eigenvalue weighted by molar-refractivity contribution is 6.07. The molecule has 1 heterocycles. The van der Waals surface area contributed by atoms with E-state index in [2.05, 4.69) is 11.4 Å². The predicted octanol–water partition coefficient (Wildman–Crippen LogP) is 2.85. The van der Waals surface area contributed by atoms with Crippen molar-refractivity contribution in [1.29, 1.82) is 5.26 Å². The molecule has 4 rings (SSSR count). The van der Waals surface area contributed by atoms with E-state index in [4.69, 9.17) is 10.00 Å². The number of rotatable bonds is 3. The van der Waals surface area contributed by atoms with Crippen LogP contribution in [0.5, 0.6) is 5.75 Å². The summed E-state index contributed by atoms with van der Waals surface area (Å²) in [6.07, 6.45) is 2.25. The molecule has 27 heavy (non-hydrogen) atoms. The molecule has 1 atom stereocenters. The van der Waals surface area contributed by atoms with Crippen LogP contribution in [0.1, 0.15) is 35.1 Å². The fourth-order valence-corrected chi connectivity index (χ4v) is 3.99. The Morgan fingerprint density at radius 1 is 1.22 bits per heavy atom. The Hall–Kier alpha value is -3.33. The van der Waals surface area contributed by atoms with Crippen molar-refractivity contribution >= 4 is 11.9 Å². The third-order valence-electron chi connectivity index (χ3n) is 5.37. The third kappa shape index (κ3) is 2.72. The topological polar surface area (TPSA) is 82.4 Å². The maximum atomic E-state index is 13.3. The molecule has 136 valence electrons. The summed E-state index contributed by atoms with van der Waals surface area (Å²) in [6, 6.07) is 14.2. The molecule has 1 saturated heterocycles. The number of urea groups is 1. The Balaban J connectivity index is 1.66. The molecule has 0 bridgehead atoms. The molecule has 0 aromatic heterocycles. The summed E-state index contributed by atoms with van der Waals surface area (Å²) in [7, 11) is 1.61. The molecule has 6 heteroatoms. The zero-order chi connectivity index (χ0) is 19.0. The number of amides is 3. The van der Waals surface area contributed by atoms with E-state index in [-0.39, 0.29) is 18.5 Å². The Morgan fingerprint density at radius 3 is 2.70 bits per heavy atom. The minimum Gasteiger partial charge on any atom is -0.497 e. The van der Waals surface area contributed by atoms with Gasteiger partial charge in [-0.05, 0) is 60.2 Å². The zero-order valence-electron chi connectivity index (χ0n) is 15.0. The van der Waals surface area contributed by atoms with E-state index in [1.165, 1.54) is 4.90 Å². The van der Waals surface area contributed by atoms with Crippen molar-refractivity contribution in [3.63, 3.8) is 0 Å². The van der Waals surface area contributed by atoms with Crippen LogP contribution in [-0.4, -0.2) is 23.9 Å². The number of nitrogens with zero attached hydrogens (tertiary/aromatic N) is 2. The van der Waals surface area contributed by atoms with Gasteiger partial charge in [0.15, 0.2) is 0 Å². The van der Waals surface area contributed by atoms with Crippen LogP contribution in [0.15, 0.2) is 42.5 Å². The lowest BCUT2D eigenvalue weighted by atomic mass is 9.76. The Kier molecular flexibility index (Phi) is 4.08. The van der Waals surface area contributed by atoms with E-state index in [1.54, 1.807) is 31.4 Å². The van der Waals surface area contributed by atoms with Gasteiger partial charge in [-0.15, -0.1) is 0 Å². The Morgan fingerprint density at radius 2 is 2.00 bits per heavy atom. The number of carbonyl (C=O) groups excluding carboxylic acids is 2. The highest BCUT2D eigenvalue weighted by Crippen LogP contribution is 2.41. The number of hydrogen-bond acceptors (Lipinski definition) is 4. The predicted molar refractivity (Wildman–Crippen MR) is 97.8 cm³/mol. The van der Waals surface area contributed by atoms with Gasteiger partial charge in [-0.1, -0.05) is 18.2 Å². The SMILES string of the molecule is COc1ccc2c(c1)CCC[C@]21NC(=O)N(Cc2ccc(C#N)cc2)C1=O. The van der Waals surface area contributed by atoms with Crippen LogP contribution in [0.3, 0.4) is 0 Å². The molecule has 6 nitrogen and oxygen atoms in total. The summed E-state index contributed by atoms with van der Waals surface area (Å²) >= 11 is 0. The summed E-state index contributed by atoms with van der Waals surface area (Å²) in [6.45, 7) is 0.184. The zero-order valence-corrected chi connectivity index (χ0v) is 15.0. The van der Waals surface area contributed by atoms with Crippen molar-refractivity contribution in [1.82, 2.24) is 10.2 Å². The van der Waals surface area contributed by atoms with E-state index in [0.717, 1.165) is 35.3 Å². The molecule has 1 spiro atoms. The minimum atomic E-state index is -0.996. The van der Waals surface area contributed by atoms with Gasteiger partial charge in [0, 0.05) is 0 Å². The molecule has 1 aliphatic carbocycles. The van der Waals surface area contributed by atoms with Gasteiger partial charge in [-0.3, -0.25) is 9.69 Å². The van der Waals surface area contributed by atoms with Gasteiger partial charge in [0.2, 0.25) is 0 Å². The molecule has 3 amide bonds. The van der Waals surface area contributed by atoms with E-state index < -0.39 is 5.54 Å². The number of carbonyl (C=O) groups is 2. The van der Waals surface area contributed by atoms with Gasteiger partial charge >= 0.3 is 6.03 Å². The summed E-state index contributed by atoms with van der Waals surface area (Å²) in [5, 5.41) is 11.9. The highest BCUT2D eigenvalue weighted by Gasteiger charge is 2.53. The summed E-state index contributed by atoms with van der Waals surface area (Å²) < 4.78 is 5.29. The molecule has 0 radical (unpaired) electrons. The van der Waals surface area contributed by atoms with Crippen LogP contribution in [0.4, 0.5) is 4.79 Å². The second kappa shape index (κ2) is 6.44. The monoisotopic (exact) mass is 361 g/mol.